The number of nitrogens with two attached hydrogens (primary N) is 4. The normalized spacial score (nSPS) is 8.32. The highest BCUT2D eigenvalue weighted by Gasteiger charge is 1.78. The molecule has 10 nitrogen and oxygen atoms in total. The van der Waals surface area contributed by atoms with Crippen LogP contribution in [0, 0.1) is 0 Å². The van der Waals surface area contributed by atoms with Crippen molar-refractivity contribution in [1.29, 1.82) is 0 Å². The lowest BCUT2D eigenvalue weighted by atomic mass is 10.9. The van der Waals surface area contributed by atoms with Crippen LogP contribution in [-0.4, -0.2) is 31.0 Å². The van der Waals surface area contributed by atoms with Crippen LogP contribution in [0.15, 0.2) is 46.3 Å². The smallest absolute Gasteiger partial charge is 0.300 e. The van der Waals surface area contributed by atoms with E-state index in [0.29, 0.717) is 20.5 Å². The molecular formula is C14H20N8O2S4. The molecule has 152 valence electrons. The minimum absolute atomic E-state index is 0.634. The first-order valence-electron chi connectivity index (χ1n) is 7.10. The number of hydrogen-bond acceptors (Lipinski definition) is 13. The summed E-state index contributed by atoms with van der Waals surface area (Å²) < 4.78 is 0. The Morgan fingerprint density at radius 3 is 0.893 bits per heavy atom. The van der Waals surface area contributed by atoms with E-state index in [-0.39, 0.29) is 0 Å². The van der Waals surface area contributed by atoms with Crippen molar-refractivity contribution in [2.75, 3.05) is 22.9 Å². The van der Waals surface area contributed by atoms with Crippen LogP contribution in [0.2, 0.25) is 0 Å². The number of aromatic nitrogens is 4. The molecule has 0 unspecified atom stereocenters. The Morgan fingerprint density at radius 1 is 0.679 bits per heavy atom. The molecule has 4 aromatic rings. The van der Waals surface area contributed by atoms with Crippen molar-refractivity contribution in [3.8, 4) is 0 Å². The van der Waals surface area contributed by atoms with E-state index in [1.807, 2.05) is 21.5 Å². The average molecular weight is 461 g/mol. The van der Waals surface area contributed by atoms with E-state index < -0.39 is 5.97 Å². The molecule has 0 aliphatic carbocycles. The molecule has 4 rings (SSSR count). The standard InChI is InChI=1S/4C3H4N2S.C2H4O2/c4*4-3-5-1-2-6-3;1-2(3)4/h4*1-2H,(H2,4,5);1H3,(H,3,4). The zero-order valence-corrected chi connectivity index (χ0v) is 18.0. The van der Waals surface area contributed by atoms with Gasteiger partial charge >= 0.3 is 0 Å². The summed E-state index contributed by atoms with van der Waals surface area (Å²) in [5.41, 5.74) is 20.7. The number of rotatable bonds is 0. The molecule has 4 heterocycles. The summed E-state index contributed by atoms with van der Waals surface area (Å²) in [4.78, 5) is 23.9. The van der Waals surface area contributed by atoms with E-state index in [0.717, 1.165) is 6.92 Å². The molecule has 28 heavy (non-hydrogen) atoms. The van der Waals surface area contributed by atoms with Gasteiger partial charge in [0, 0.05) is 53.2 Å². The number of carboxylic acids is 1. The quantitative estimate of drug-likeness (QED) is 0.260. The van der Waals surface area contributed by atoms with Crippen LogP contribution < -0.4 is 22.9 Å². The molecule has 0 spiro atoms. The molecule has 0 bridgehead atoms. The summed E-state index contributed by atoms with van der Waals surface area (Å²) in [5.74, 6) is -0.833. The second-order valence-corrected chi connectivity index (χ2v) is 7.70. The molecular weight excluding hydrogens is 440 g/mol. The topological polar surface area (TPSA) is 193 Å². The first-order valence-corrected chi connectivity index (χ1v) is 10.6. The Morgan fingerprint density at radius 2 is 0.857 bits per heavy atom. The van der Waals surface area contributed by atoms with Gasteiger partial charge in [-0.05, 0) is 0 Å². The summed E-state index contributed by atoms with van der Waals surface area (Å²) in [5, 5.41) is 17.3. The van der Waals surface area contributed by atoms with Gasteiger partial charge in [0.25, 0.3) is 5.97 Å². The number of nitrogen functional groups attached to an aromatic ring is 4. The minimum atomic E-state index is -0.833. The van der Waals surface area contributed by atoms with E-state index >= 15 is 0 Å². The Kier molecular flexibility index (Phi) is 14.7. The summed E-state index contributed by atoms with van der Waals surface area (Å²) in [7, 11) is 0. The van der Waals surface area contributed by atoms with Gasteiger partial charge in [-0.15, -0.1) is 45.3 Å². The second-order valence-electron chi connectivity index (χ2n) is 4.00. The molecule has 0 aliphatic rings. The van der Waals surface area contributed by atoms with Gasteiger partial charge in [-0.25, -0.2) is 19.9 Å². The van der Waals surface area contributed by atoms with Crippen LogP contribution in [0.1, 0.15) is 6.92 Å². The number of nitrogens with zero attached hydrogens (tertiary/aromatic N) is 4. The summed E-state index contributed by atoms with van der Waals surface area (Å²) in [6.07, 6.45) is 6.72. The van der Waals surface area contributed by atoms with E-state index in [4.69, 9.17) is 32.8 Å². The van der Waals surface area contributed by atoms with Gasteiger partial charge in [-0.2, -0.15) is 0 Å². The summed E-state index contributed by atoms with van der Waals surface area (Å²) in [6, 6.07) is 0. The molecule has 4 aromatic heterocycles. The van der Waals surface area contributed by atoms with Gasteiger partial charge in [0.1, 0.15) is 0 Å². The molecule has 14 heteroatoms. The van der Waals surface area contributed by atoms with Gasteiger partial charge in [0.05, 0.1) is 0 Å². The van der Waals surface area contributed by atoms with Crippen LogP contribution >= 0.6 is 45.3 Å². The molecule has 0 saturated carbocycles. The number of anilines is 4. The van der Waals surface area contributed by atoms with Crippen LogP contribution in [0.5, 0.6) is 0 Å². The molecule has 0 saturated heterocycles. The third-order valence-electron chi connectivity index (χ3n) is 1.81. The van der Waals surface area contributed by atoms with Crippen molar-refractivity contribution in [1.82, 2.24) is 19.9 Å². The van der Waals surface area contributed by atoms with E-state index in [9.17, 15) is 0 Å². The molecule has 0 atom stereocenters. The molecule has 0 radical (unpaired) electrons. The van der Waals surface area contributed by atoms with Crippen molar-refractivity contribution < 1.29 is 9.90 Å². The first-order chi connectivity index (χ1) is 13.3. The predicted octanol–water partition coefficient (Wildman–Crippen LogP) is 2.99. The Bertz CT molecular complexity index is 673. The summed E-state index contributed by atoms with van der Waals surface area (Å²) in [6.45, 7) is 1.08. The van der Waals surface area contributed by atoms with Gasteiger partial charge in [-0.1, -0.05) is 0 Å². The van der Waals surface area contributed by atoms with Crippen molar-refractivity contribution in [2.24, 2.45) is 0 Å². The lowest BCUT2D eigenvalue weighted by molar-refractivity contribution is -0.134. The number of hydrogen-bond donors (Lipinski definition) is 5. The van der Waals surface area contributed by atoms with E-state index in [2.05, 4.69) is 19.9 Å². The molecule has 0 fully saturated rings. The van der Waals surface area contributed by atoms with Crippen molar-refractivity contribution in [3.05, 3.63) is 46.3 Å². The Hall–Kier alpha value is -2.81. The molecule has 9 N–H and O–H groups in total. The van der Waals surface area contributed by atoms with Crippen molar-refractivity contribution >= 4 is 71.8 Å². The van der Waals surface area contributed by atoms with Crippen LogP contribution in [-0.2, 0) is 4.79 Å². The monoisotopic (exact) mass is 460 g/mol. The third kappa shape index (κ3) is 18.0. The number of carbonyl (C=O) groups is 1. The van der Waals surface area contributed by atoms with Crippen molar-refractivity contribution in [3.63, 3.8) is 0 Å². The summed E-state index contributed by atoms with van der Waals surface area (Å²) >= 11 is 5.78. The first kappa shape index (κ1) is 25.2. The fourth-order valence-electron chi connectivity index (χ4n) is 0.938. The van der Waals surface area contributed by atoms with Crippen LogP contribution in [0.4, 0.5) is 20.5 Å². The van der Waals surface area contributed by atoms with Gasteiger partial charge in [-0.3, -0.25) is 4.79 Å². The van der Waals surface area contributed by atoms with Crippen LogP contribution in [0.3, 0.4) is 0 Å². The number of aliphatic carboxylic acids is 1. The largest absolute Gasteiger partial charge is 0.481 e. The number of thiazole rings is 4. The lowest BCUT2D eigenvalue weighted by Gasteiger charge is -1.67. The Labute approximate surface area is 177 Å². The van der Waals surface area contributed by atoms with Crippen LogP contribution in [0.25, 0.3) is 0 Å². The molecule has 0 aromatic carbocycles. The SMILES string of the molecule is CC(=O)O.Nc1nccs1.Nc1nccs1.Nc1nccs1.Nc1nccs1. The lowest BCUT2D eigenvalue weighted by Crippen LogP contribution is -1.78. The maximum absolute atomic E-state index is 9.00. The number of carboxylic acid groups (broad SMARTS) is 1. The maximum atomic E-state index is 9.00. The van der Waals surface area contributed by atoms with E-state index in [1.165, 1.54) is 45.3 Å². The second kappa shape index (κ2) is 16.4. The molecule has 0 amide bonds. The highest BCUT2D eigenvalue weighted by atomic mass is 32.1. The highest BCUT2D eigenvalue weighted by molar-refractivity contribution is 7.14. The zero-order valence-electron chi connectivity index (χ0n) is 14.7. The predicted molar refractivity (Wildman–Crippen MR) is 119 cm³/mol. The van der Waals surface area contributed by atoms with Gasteiger partial charge < -0.3 is 28.0 Å². The maximum Gasteiger partial charge on any atom is 0.300 e. The minimum Gasteiger partial charge on any atom is -0.481 e. The average Bonchev–Trinajstić information content (AvgIpc) is 3.39. The Balaban J connectivity index is 0.000000328. The molecule has 0 aliphatic heterocycles. The van der Waals surface area contributed by atoms with Gasteiger partial charge in [0.15, 0.2) is 20.5 Å². The fourth-order valence-corrected chi connectivity index (χ4v) is 2.47. The van der Waals surface area contributed by atoms with Gasteiger partial charge in [0.2, 0.25) is 0 Å². The fraction of sp³-hybridized carbons (Fsp3) is 0.0714. The van der Waals surface area contributed by atoms with Crippen molar-refractivity contribution in [2.45, 2.75) is 6.92 Å². The van der Waals surface area contributed by atoms with E-state index in [1.54, 1.807) is 24.8 Å². The third-order valence-corrected chi connectivity index (χ3v) is 4.22. The highest BCUT2D eigenvalue weighted by Crippen LogP contribution is 2.03. The zero-order chi connectivity index (χ0) is 21.2.